The molecule has 1 heterocycles. The number of fused-ring (bicyclic) bond motifs is 4. The lowest BCUT2D eigenvalue weighted by molar-refractivity contribution is -0.124. The number of ether oxygens (including phenoxy) is 2. The molecule has 182 valence electrons. The summed E-state index contributed by atoms with van der Waals surface area (Å²) in [5, 5.41) is 5.40. The van der Waals surface area contributed by atoms with E-state index in [0.717, 1.165) is 5.56 Å². The predicted octanol–water partition coefficient (Wildman–Crippen LogP) is 3.48. The second kappa shape index (κ2) is 11.7. The molecule has 2 atom stereocenters. The monoisotopic (exact) mass is 486 g/mol. The molecule has 3 rings (SSSR count). The molecule has 0 aliphatic carbocycles. The first-order valence-corrected chi connectivity index (χ1v) is 12.8. The third kappa shape index (κ3) is 6.84. The maximum absolute atomic E-state index is 13.2. The standard InChI is InChI=1S/C25H30N2O6S/c1-3-14-32-25(29)27-22-12-6-7-15-34(30,31)23-13-5-4-11-21(23)19-9-8-10-20(16-19)33-17-18(2)26-24(22)28/h3-5,8-11,13,16,18,22H,1,6-7,12,14-15,17H2,2H3,(H,26,28)(H,27,29)/t18-,22+/m1/s1. The van der Waals surface area contributed by atoms with Gasteiger partial charge in [-0.2, -0.15) is 0 Å². The van der Waals surface area contributed by atoms with Gasteiger partial charge in [0.25, 0.3) is 0 Å². The van der Waals surface area contributed by atoms with E-state index in [1.807, 2.05) is 6.07 Å². The Morgan fingerprint density at radius 3 is 2.82 bits per heavy atom. The highest BCUT2D eigenvalue weighted by Gasteiger charge is 2.24. The molecule has 34 heavy (non-hydrogen) atoms. The van der Waals surface area contributed by atoms with Crippen molar-refractivity contribution < 1.29 is 27.5 Å². The van der Waals surface area contributed by atoms with Crippen molar-refractivity contribution in [1.82, 2.24) is 10.6 Å². The lowest BCUT2D eigenvalue weighted by Gasteiger charge is -2.22. The zero-order valence-corrected chi connectivity index (χ0v) is 20.0. The highest BCUT2D eigenvalue weighted by Crippen LogP contribution is 2.31. The molecule has 0 aromatic heterocycles. The highest BCUT2D eigenvalue weighted by molar-refractivity contribution is 7.91. The molecular weight excluding hydrogens is 456 g/mol. The minimum Gasteiger partial charge on any atom is -0.491 e. The van der Waals surface area contributed by atoms with Crippen molar-refractivity contribution in [2.75, 3.05) is 19.0 Å². The third-order valence-corrected chi connectivity index (χ3v) is 7.20. The first-order chi connectivity index (χ1) is 16.3. The molecular formula is C25H30N2O6S. The van der Waals surface area contributed by atoms with E-state index in [0.29, 0.717) is 24.2 Å². The van der Waals surface area contributed by atoms with Crippen LogP contribution in [0.1, 0.15) is 26.2 Å². The van der Waals surface area contributed by atoms with Crippen LogP contribution in [0.5, 0.6) is 5.75 Å². The van der Waals surface area contributed by atoms with Crippen molar-refractivity contribution >= 4 is 21.8 Å². The highest BCUT2D eigenvalue weighted by atomic mass is 32.2. The van der Waals surface area contributed by atoms with Crippen molar-refractivity contribution in [1.29, 1.82) is 0 Å². The topological polar surface area (TPSA) is 111 Å². The number of rotatable bonds is 3. The summed E-state index contributed by atoms with van der Waals surface area (Å²) in [6.45, 7) is 5.51. The first kappa shape index (κ1) is 25.3. The second-order valence-electron chi connectivity index (χ2n) is 8.14. The van der Waals surface area contributed by atoms with Crippen LogP contribution in [0.25, 0.3) is 11.1 Å². The lowest BCUT2D eigenvalue weighted by atomic mass is 10.1. The summed E-state index contributed by atoms with van der Waals surface area (Å²) in [6, 6.07) is 12.9. The van der Waals surface area contributed by atoms with Gasteiger partial charge in [0.05, 0.1) is 16.7 Å². The van der Waals surface area contributed by atoms with Crippen LogP contribution in [-0.2, 0) is 19.4 Å². The third-order valence-electron chi connectivity index (χ3n) is 5.35. The smallest absolute Gasteiger partial charge is 0.408 e. The second-order valence-corrected chi connectivity index (χ2v) is 10.2. The van der Waals surface area contributed by atoms with Crippen LogP contribution in [0.15, 0.2) is 66.1 Å². The number of nitrogens with one attached hydrogen (secondary N) is 2. The number of carbonyl (C=O) groups is 2. The summed E-state index contributed by atoms with van der Waals surface area (Å²) >= 11 is 0. The van der Waals surface area contributed by atoms with Crippen molar-refractivity contribution in [3.63, 3.8) is 0 Å². The van der Waals surface area contributed by atoms with Gasteiger partial charge in [-0.05, 0) is 49.9 Å². The van der Waals surface area contributed by atoms with E-state index < -0.39 is 22.0 Å². The fraction of sp³-hybridized carbons (Fsp3) is 0.360. The molecule has 9 heteroatoms. The Bertz CT molecular complexity index is 1130. The lowest BCUT2D eigenvalue weighted by Crippen LogP contribution is -2.50. The van der Waals surface area contributed by atoms with Gasteiger partial charge in [0.15, 0.2) is 9.84 Å². The number of hydrogen-bond donors (Lipinski definition) is 2. The maximum atomic E-state index is 13.2. The number of benzene rings is 2. The van der Waals surface area contributed by atoms with E-state index in [4.69, 9.17) is 9.47 Å². The van der Waals surface area contributed by atoms with Gasteiger partial charge >= 0.3 is 6.09 Å². The van der Waals surface area contributed by atoms with E-state index in [9.17, 15) is 18.0 Å². The number of hydrogen-bond acceptors (Lipinski definition) is 6. The average Bonchev–Trinajstić information content (AvgIpc) is 2.83. The number of sulfone groups is 1. The summed E-state index contributed by atoms with van der Waals surface area (Å²) in [7, 11) is -3.58. The van der Waals surface area contributed by atoms with Gasteiger partial charge in [-0.1, -0.05) is 43.0 Å². The predicted molar refractivity (Wildman–Crippen MR) is 129 cm³/mol. The van der Waals surface area contributed by atoms with Crippen molar-refractivity contribution in [3.8, 4) is 16.9 Å². The summed E-state index contributed by atoms with van der Waals surface area (Å²) in [5.41, 5.74) is 1.36. The maximum Gasteiger partial charge on any atom is 0.408 e. The average molecular weight is 487 g/mol. The van der Waals surface area contributed by atoms with Crippen molar-refractivity contribution in [2.24, 2.45) is 0 Å². The van der Waals surface area contributed by atoms with E-state index in [1.54, 1.807) is 49.4 Å². The van der Waals surface area contributed by atoms with Gasteiger partial charge in [-0.3, -0.25) is 4.79 Å². The zero-order chi connectivity index (χ0) is 24.6. The molecule has 0 fully saturated rings. The summed E-state index contributed by atoms with van der Waals surface area (Å²) in [6.07, 6.45) is 1.70. The molecule has 0 radical (unpaired) electrons. The van der Waals surface area contributed by atoms with Gasteiger partial charge < -0.3 is 20.1 Å². The molecule has 2 amide bonds. The van der Waals surface area contributed by atoms with Crippen LogP contribution in [-0.4, -0.2) is 51.5 Å². The van der Waals surface area contributed by atoms with Crippen molar-refractivity contribution in [3.05, 3.63) is 61.2 Å². The molecule has 0 saturated carbocycles. The molecule has 1 aliphatic heterocycles. The van der Waals surface area contributed by atoms with Crippen LogP contribution >= 0.6 is 0 Å². The Kier molecular flexibility index (Phi) is 8.70. The van der Waals surface area contributed by atoms with Gasteiger partial charge in [0.1, 0.15) is 25.0 Å². The number of alkyl carbamates (subject to hydrolysis) is 1. The molecule has 0 saturated heterocycles. The molecule has 8 nitrogen and oxygen atoms in total. The van der Waals surface area contributed by atoms with Gasteiger partial charge in [0, 0.05) is 5.56 Å². The first-order valence-electron chi connectivity index (χ1n) is 11.2. The summed E-state index contributed by atoms with van der Waals surface area (Å²) in [5.74, 6) is 0.0903. The largest absolute Gasteiger partial charge is 0.491 e. The minimum atomic E-state index is -3.58. The van der Waals surface area contributed by atoms with E-state index >= 15 is 0 Å². The van der Waals surface area contributed by atoms with Crippen LogP contribution in [0, 0.1) is 0 Å². The molecule has 2 bridgehead atoms. The van der Waals surface area contributed by atoms with Crippen LogP contribution in [0.3, 0.4) is 0 Å². The van der Waals surface area contributed by atoms with E-state index in [1.165, 1.54) is 6.08 Å². The zero-order valence-electron chi connectivity index (χ0n) is 19.2. The normalized spacial score (nSPS) is 20.7. The van der Waals surface area contributed by atoms with Crippen LogP contribution < -0.4 is 15.4 Å². The minimum absolute atomic E-state index is 0.0150. The van der Waals surface area contributed by atoms with Gasteiger partial charge in [0.2, 0.25) is 5.91 Å². The Hall–Kier alpha value is -3.33. The fourth-order valence-corrected chi connectivity index (χ4v) is 5.28. The Morgan fingerprint density at radius 2 is 2.03 bits per heavy atom. The summed E-state index contributed by atoms with van der Waals surface area (Å²) < 4.78 is 37.1. The molecule has 0 unspecified atom stereocenters. The van der Waals surface area contributed by atoms with E-state index in [-0.39, 0.29) is 42.2 Å². The molecule has 0 spiro atoms. The SMILES string of the molecule is C=CCOC(=O)N[C@H]1CCCCS(=O)(=O)c2ccccc2-c2cccc(c2)OC[C@@H](C)NC1=O. The van der Waals surface area contributed by atoms with E-state index in [2.05, 4.69) is 17.2 Å². The molecule has 2 N–H and O–H groups in total. The Morgan fingerprint density at radius 1 is 1.24 bits per heavy atom. The van der Waals surface area contributed by atoms with Gasteiger partial charge in [-0.15, -0.1) is 0 Å². The Balaban J connectivity index is 1.88. The molecule has 2 aromatic carbocycles. The Labute approximate surface area is 200 Å². The number of amides is 2. The molecule has 1 aliphatic rings. The fourth-order valence-electron chi connectivity index (χ4n) is 3.67. The summed E-state index contributed by atoms with van der Waals surface area (Å²) in [4.78, 5) is 25.1. The van der Waals surface area contributed by atoms with Gasteiger partial charge in [-0.25, -0.2) is 13.2 Å². The molecule has 2 aromatic rings. The van der Waals surface area contributed by atoms with Crippen LogP contribution in [0.4, 0.5) is 4.79 Å². The van der Waals surface area contributed by atoms with Crippen molar-refractivity contribution in [2.45, 2.75) is 43.2 Å². The van der Waals surface area contributed by atoms with Crippen LogP contribution in [0.2, 0.25) is 0 Å². The quantitative estimate of drug-likeness (QED) is 0.643. The number of carbonyl (C=O) groups excluding carboxylic acids is 2.